The molecule has 0 saturated carbocycles. The number of carbonyl (C=O) groups is 1. The van der Waals surface area contributed by atoms with Gasteiger partial charge in [0, 0.05) is 10.7 Å². The Morgan fingerprint density at radius 3 is 3.11 bits per heavy atom. The fourth-order valence-corrected chi connectivity index (χ4v) is 1.60. The minimum absolute atomic E-state index is 0.127. The topological polar surface area (TPSA) is 77.2 Å². The van der Waals surface area contributed by atoms with Crippen molar-refractivity contribution < 1.29 is 13.9 Å². The molecule has 0 atom stereocenters. The predicted molar refractivity (Wildman–Crippen MR) is 67.7 cm³/mol. The van der Waals surface area contributed by atoms with E-state index in [4.69, 9.17) is 9.15 Å². The Labute approximate surface area is 112 Å². The lowest BCUT2D eigenvalue weighted by Gasteiger charge is -2.00. The highest BCUT2D eigenvalue weighted by Gasteiger charge is 2.13. The van der Waals surface area contributed by atoms with E-state index in [-0.39, 0.29) is 11.7 Å². The molecule has 2 heterocycles. The molecule has 18 heavy (non-hydrogen) atoms. The Balaban J connectivity index is 2.09. The van der Waals surface area contributed by atoms with Gasteiger partial charge in [-0.15, -0.1) is 0 Å². The molecule has 0 aliphatic carbocycles. The van der Waals surface area contributed by atoms with Gasteiger partial charge >= 0.3 is 5.97 Å². The second-order valence-corrected chi connectivity index (χ2v) is 4.19. The number of nitrogens with zero attached hydrogens (tertiary/aromatic N) is 2. The zero-order valence-corrected chi connectivity index (χ0v) is 11.1. The Kier molecular flexibility index (Phi) is 3.93. The number of halogens is 1. The summed E-state index contributed by atoms with van der Waals surface area (Å²) in [5.74, 6) is -0.512. The van der Waals surface area contributed by atoms with Gasteiger partial charge in [-0.3, -0.25) is 4.98 Å². The molecule has 7 heteroatoms. The molecule has 0 aliphatic rings. The van der Waals surface area contributed by atoms with Gasteiger partial charge in [0.25, 0.3) is 6.01 Å². The lowest BCUT2D eigenvalue weighted by atomic mass is 10.4. The maximum Gasteiger partial charge on any atom is 0.360 e. The van der Waals surface area contributed by atoms with E-state index in [2.05, 4.69) is 31.2 Å². The van der Waals surface area contributed by atoms with Crippen LogP contribution in [0.5, 0.6) is 0 Å². The maximum absolute atomic E-state index is 11.4. The fraction of sp³-hybridized carbons (Fsp3) is 0.182. The Morgan fingerprint density at radius 2 is 2.39 bits per heavy atom. The lowest BCUT2D eigenvalue weighted by Crippen LogP contribution is -2.05. The second-order valence-electron chi connectivity index (χ2n) is 3.28. The Hall–Kier alpha value is -1.89. The molecular weight excluding hydrogens is 302 g/mol. The molecule has 0 aliphatic heterocycles. The zero-order chi connectivity index (χ0) is 13.0. The molecule has 2 aromatic heterocycles. The van der Waals surface area contributed by atoms with E-state index in [1.807, 2.05) is 0 Å². The van der Waals surface area contributed by atoms with Gasteiger partial charge in [0.05, 0.1) is 18.5 Å². The summed E-state index contributed by atoms with van der Waals surface area (Å²) in [6.07, 6.45) is 4.51. The second kappa shape index (κ2) is 5.63. The predicted octanol–water partition coefficient (Wildman–Crippen LogP) is 2.75. The van der Waals surface area contributed by atoms with Crippen molar-refractivity contribution in [2.45, 2.75) is 6.92 Å². The van der Waals surface area contributed by atoms with Crippen molar-refractivity contribution in [3.8, 4) is 0 Å². The Bertz CT molecular complexity index is 556. The van der Waals surface area contributed by atoms with Gasteiger partial charge in [-0.05, 0) is 28.9 Å². The average Bonchev–Trinajstić information content (AvgIpc) is 2.78. The highest BCUT2D eigenvalue weighted by atomic mass is 79.9. The summed E-state index contributed by atoms with van der Waals surface area (Å²) in [5.41, 5.74) is 0.823. The normalized spacial score (nSPS) is 10.1. The van der Waals surface area contributed by atoms with Crippen LogP contribution in [0.1, 0.15) is 17.4 Å². The van der Waals surface area contributed by atoms with E-state index in [1.54, 1.807) is 25.4 Å². The number of hydrogen-bond acceptors (Lipinski definition) is 6. The third-order valence-corrected chi connectivity index (χ3v) is 2.38. The third-order valence-electron chi connectivity index (χ3n) is 1.94. The summed E-state index contributed by atoms with van der Waals surface area (Å²) >= 11 is 3.30. The van der Waals surface area contributed by atoms with Crippen LogP contribution in [0.25, 0.3) is 0 Å². The number of anilines is 2. The van der Waals surface area contributed by atoms with Gasteiger partial charge < -0.3 is 14.5 Å². The quantitative estimate of drug-likeness (QED) is 0.875. The molecule has 0 bridgehead atoms. The number of esters is 1. The van der Waals surface area contributed by atoms with Crippen molar-refractivity contribution in [1.29, 1.82) is 0 Å². The minimum atomic E-state index is -0.512. The number of hydrogen-bond donors (Lipinski definition) is 1. The summed E-state index contributed by atoms with van der Waals surface area (Å²) in [6, 6.07) is 2.01. The number of carbonyl (C=O) groups excluding carboxylic acids is 1. The zero-order valence-electron chi connectivity index (χ0n) is 9.51. The van der Waals surface area contributed by atoms with E-state index in [0.29, 0.717) is 12.3 Å². The monoisotopic (exact) mass is 311 g/mol. The number of nitrogens with one attached hydrogen (secondary N) is 1. The summed E-state index contributed by atoms with van der Waals surface area (Å²) in [6.45, 7) is 2.02. The van der Waals surface area contributed by atoms with Gasteiger partial charge in [0.2, 0.25) is 0 Å². The molecular formula is C11H10BrN3O3. The number of ether oxygens (including phenoxy) is 1. The highest BCUT2D eigenvalue weighted by Crippen LogP contribution is 2.18. The first-order chi connectivity index (χ1) is 8.69. The highest BCUT2D eigenvalue weighted by molar-refractivity contribution is 9.10. The van der Waals surface area contributed by atoms with Crippen molar-refractivity contribution >= 4 is 33.6 Å². The van der Waals surface area contributed by atoms with E-state index >= 15 is 0 Å². The number of aromatic nitrogens is 2. The standard InChI is InChI=1S/C11H10BrN3O3/c1-2-17-10(16)9-6-18-11(15-9)14-8-3-7(12)4-13-5-8/h3-6H,2H2,1H3,(H,14,15). The van der Waals surface area contributed by atoms with E-state index in [0.717, 1.165) is 4.47 Å². The first-order valence-electron chi connectivity index (χ1n) is 5.19. The first-order valence-corrected chi connectivity index (χ1v) is 5.98. The van der Waals surface area contributed by atoms with Crippen LogP contribution in [0.15, 0.2) is 33.6 Å². The molecule has 6 nitrogen and oxygen atoms in total. The molecule has 2 aromatic rings. The van der Waals surface area contributed by atoms with Crippen molar-refractivity contribution in [2.75, 3.05) is 11.9 Å². The minimum Gasteiger partial charge on any atom is -0.461 e. The van der Waals surface area contributed by atoms with Crippen LogP contribution >= 0.6 is 15.9 Å². The van der Waals surface area contributed by atoms with Gasteiger partial charge in [-0.2, -0.15) is 4.98 Å². The summed E-state index contributed by atoms with van der Waals surface area (Å²) < 4.78 is 10.7. The van der Waals surface area contributed by atoms with Gasteiger partial charge in [-0.25, -0.2) is 4.79 Å². The van der Waals surface area contributed by atoms with E-state index < -0.39 is 5.97 Å². The van der Waals surface area contributed by atoms with Crippen LogP contribution in [0.2, 0.25) is 0 Å². The van der Waals surface area contributed by atoms with Crippen molar-refractivity contribution in [2.24, 2.45) is 0 Å². The number of pyridine rings is 1. The third kappa shape index (κ3) is 3.07. The lowest BCUT2D eigenvalue weighted by molar-refractivity contribution is 0.0519. The van der Waals surface area contributed by atoms with Gasteiger partial charge in [0.15, 0.2) is 5.69 Å². The van der Waals surface area contributed by atoms with Crippen LogP contribution < -0.4 is 5.32 Å². The van der Waals surface area contributed by atoms with Crippen LogP contribution in [0.3, 0.4) is 0 Å². The molecule has 1 N–H and O–H groups in total. The molecule has 0 unspecified atom stereocenters. The van der Waals surface area contributed by atoms with Crippen molar-refractivity contribution in [1.82, 2.24) is 9.97 Å². The van der Waals surface area contributed by atoms with E-state index in [1.165, 1.54) is 6.26 Å². The van der Waals surface area contributed by atoms with Crippen LogP contribution in [0, 0.1) is 0 Å². The van der Waals surface area contributed by atoms with Gasteiger partial charge in [0.1, 0.15) is 6.26 Å². The SMILES string of the molecule is CCOC(=O)c1coc(Nc2cncc(Br)c2)n1. The summed E-state index contributed by atoms with van der Waals surface area (Å²) in [4.78, 5) is 19.3. The Morgan fingerprint density at radius 1 is 1.56 bits per heavy atom. The molecule has 0 aromatic carbocycles. The molecule has 0 spiro atoms. The molecule has 0 amide bonds. The molecule has 0 saturated heterocycles. The van der Waals surface area contributed by atoms with Crippen LogP contribution in [-0.2, 0) is 4.74 Å². The first kappa shape index (κ1) is 12.6. The average molecular weight is 312 g/mol. The summed E-state index contributed by atoms with van der Waals surface area (Å²) in [7, 11) is 0. The summed E-state index contributed by atoms with van der Waals surface area (Å²) in [5, 5.41) is 2.88. The number of rotatable bonds is 4. The molecule has 0 radical (unpaired) electrons. The smallest absolute Gasteiger partial charge is 0.360 e. The molecule has 2 rings (SSSR count). The largest absolute Gasteiger partial charge is 0.461 e. The van der Waals surface area contributed by atoms with Crippen LogP contribution in [0.4, 0.5) is 11.7 Å². The van der Waals surface area contributed by atoms with Crippen molar-refractivity contribution in [3.05, 3.63) is 34.9 Å². The van der Waals surface area contributed by atoms with E-state index in [9.17, 15) is 4.79 Å². The molecule has 0 fully saturated rings. The molecule has 94 valence electrons. The number of oxazole rings is 1. The van der Waals surface area contributed by atoms with Gasteiger partial charge in [-0.1, -0.05) is 0 Å². The van der Waals surface area contributed by atoms with Crippen LogP contribution in [-0.4, -0.2) is 22.5 Å². The maximum atomic E-state index is 11.4. The fourth-order valence-electron chi connectivity index (χ4n) is 1.23. The van der Waals surface area contributed by atoms with Crippen molar-refractivity contribution in [3.63, 3.8) is 0 Å².